The van der Waals surface area contributed by atoms with Crippen LogP contribution in [0.2, 0.25) is 0 Å². The number of thiophene rings is 1. The minimum atomic E-state index is -1.16. The van der Waals surface area contributed by atoms with Crippen LogP contribution in [0.15, 0.2) is 6.07 Å². The standard InChI is InChI=1S/C25H36N2O5S/c1-16-7-9-18(10-8-16)23(30)27(17(2)22(29)26(6)13-14-28)20-15-19(11-12-25(3,4)5)33-21(20)24(31)32/h15-18,28H,7-10,13-14H2,1-6H3,(H,31,32)/t16?,17-,18?/m0/s1. The summed E-state index contributed by atoms with van der Waals surface area (Å²) in [5, 5.41) is 19.1. The molecule has 0 aromatic carbocycles. The predicted molar refractivity (Wildman–Crippen MR) is 130 cm³/mol. The number of carbonyl (C=O) groups excluding carboxylic acids is 2. The van der Waals surface area contributed by atoms with Crippen LogP contribution >= 0.6 is 11.3 Å². The van der Waals surface area contributed by atoms with Gasteiger partial charge in [-0.25, -0.2) is 4.79 Å². The molecular weight excluding hydrogens is 440 g/mol. The van der Waals surface area contributed by atoms with Gasteiger partial charge in [-0.2, -0.15) is 0 Å². The number of likely N-dealkylation sites (N-methyl/N-ethyl adjacent to an activating group) is 1. The Hall–Kier alpha value is -2.37. The lowest BCUT2D eigenvalue weighted by Crippen LogP contribution is -2.51. The highest BCUT2D eigenvalue weighted by atomic mass is 32.1. The number of amides is 2. The van der Waals surface area contributed by atoms with E-state index in [9.17, 15) is 24.6 Å². The summed E-state index contributed by atoms with van der Waals surface area (Å²) in [6, 6.07) is 0.705. The summed E-state index contributed by atoms with van der Waals surface area (Å²) in [5.41, 5.74) is -0.0504. The maximum atomic E-state index is 13.7. The van der Waals surface area contributed by atoms with Crippen LogP contribution in [0.3, 0.4) is 0 Å². The van der Waals surface area contributed by atoms with Gasteiger partial charge in [0.25, 0.3) is 0 Å². The third-order valence-corrected chi connectivity index (χ3v) is 6.91. The summed E-state index contributed by atoms with van der Waals surface area (Å²) in [6.45, 7) is 9.59. The van der Waals surface area contributed by atoms with Gasteiger partial charge >= 0.3 is 5.97 Å². The van der Waals surface area contributed by atoms with Crippen LogP contribution in [0.4, 0.5) is 5.69 Å². The first kappa shape index (κ1) is 26.9. The van der Waals surface area contributed by atoms with E-state index in [0.29, 0.717) is 23.6 Å². The third kappa shape index (κ3) is 7.05. The Kier molecular flexibility index (Phi) is 9.10. The third-order valence-electron chi connectivity index (χ3n) is 5.89. The summed E-state index contributed by atoms with van der Waals surface area (Å²) >= 11 is 1.02. The van der Waals surface area contributed by atoms with Gasteiger partial charge in [0.2, 0.25) is 11.8 Å². The molecule has 7 nitrogen and oxygen atoms in total. The number of carboxylic acid groups (broad SMARTS) is 1. The summed E-state index contributed by atoms with van der Waals surface area (Å²) in [7, 11) is 1.56. The lowest BCUT2D eigenvalue weighted by atomic mass is 9.82. The van der Waals surface area contributed by atoms with E-state index in [2.05, 4.69) is 18.8 Å². The molecule has 0 spiro atoms. The molecule has 1 aliphatic rings. The van der Waals surface area contributed by atoms with Gasteiger partial charge in [-0.15, -0.1) is 11.3 Å². The van der Waals surface area contributed by atoms with Crippen molar-refractivity contribution in [2.75, 3.05) is 25.1 Å². The van der Waals surface area contributed by atoms with Crippen LogP contribution in [0, 0.1) is 29.1 Å². The molecule has 2 amide bonds. The molecule has 0 radical (unpaired) electrons. The number of carbonyl (C=O) groups is 3. The van der Waals surface area contributed by atoms with Gasteiger partial charge in [0, 0.05) is 24.9 Å². The Morgan fingerprint density at radius 3 is 2.33 bits per heavy atom. The molecule has 1 aliphatic carbocycles. The van der Waals surface area contributed by atoms with Crippen molar-refractivity contribution in [2.24, 2.45) is 17.3 Å². The van der Waals surface area contributed by atoms with Crippen LogP contribution in [-0.2, 0) is 9.59 Å². The predicted octanol–water partition coefficient (Wildman–Crippen LogP) is 3.84. The van der Waals surface area contributed by atoms with E-state index >= 15 is 0 Å². The molecule has 0 saturated heterocycles. The minimum absolute atomic E-state index is 0.00445. The van der Waals surface area contributed by atoms with E-state index in [1.165, 1.54) is 9.80 Å². The largest absolute Gasteiger partial charge is 0.477 e. The van der Waals surface area contributed by atoms with Crippen molar-refractivity contribution >= 4 is 34.8 Å². The molecule has 33 heavy (non-hydrogen) atoms. The number of hydrogen-bond donors (Lipinski definition) is 2. The summed E-state index contributed by atoms with van der Waals surface area (Å²) < 4.78 is 0. The van der Waals surface area contributed by atoms with Crippen molar-refractivity contribution in [2.45, 2.75) is 66.3 Å². The van der Waals surface area contributed by atoms with Gasteiger partial charge in [-0.05, 0) is 65.4 Å². The molecule has 1 saturated carbocycles. The first-order valence-corrected chi connectivity index (χ1v) is 12.3. The van der Waals surface area contributed by atoms with Crippen molar-refractivity contribution in [1.29, 1.82) is 0 Å². The highest BCUT2D eigenvalue weighted by Crippen LogP contribution is 2.36. The van der Waals surface area contributed by atoms with Crippen LogP contribution in [-0.4, -0.2) is 59.1 Å². The topological polar surface area (TPSA) is 98.2 Å². The molecular formula is C25H36N2O5S. The number of nitrogens with zero attached hydrogens (tertiary/aromatic N) is 2. The molecule has 1 atom stereocenters. The molecule has 1 fully saturated rings. The Morgan fingerprint density at radius 2 is 1.82 bits per heavy atom. The van der Waals surface area contributed by atoms with Crippen molar-refractivity contribution in [1.82, 2.24) is 4.90 Å². The smallest absolute Gasteiger partial charge is 0.348 e. The van der Waals surface area contributed by atoms with Crippen molar-refractivity contribution in [3.63, 3.8) is 0 Å². The van der Waals surface area contributed by atoms with Crippen molar-refractivity contribution in [3.8, 4) is 11.8 Å². The van der Waals surface area contributed by atoms with Crippen LogP contribution in [0.1, 0.15) is 74.9 Å². The van der Waals surface area contributed by atoms with Gasteiger partial charge in [-0.1, -0.05) is 18.8 Å². The van der Waals surface area contributed by atoms with E-state index < -0.39 is 12.0 Å². The zero-order valence-corrected chi connectivity index (χ0v) is 21.3. The van der Waals surface area contributed by atoms with Crippen LogP contribution < -0.4 is 4.90 Å². The van der Waals surface area contributed by atoms with Crippen molar-refractivity contribution < 1.29 is 24.6 Å². The molecule has 1 aromatic heterocycles. The molecule has 2 rings (SSSR count). The quantitative estimate of drug-likeness (QED) is 0.583. The van der Waals surface area contributed by atoms with E-state index in [-0.39, 0.29) is 46.9 Å². The van der Waals surface area contributed by atoms with E-state index in [0.717, 1.165) is 24.2 Å². The number of aliphatic hydroxyl groups excluding tert-OH is 1. The molecule has 1 heterocycles. The minimum Gasteiger partial charge on any atom is -0.477 e. The Morgan fingerprint density at radius 1 is 1.21 bits per heavy atom. The Labute approximate surface area is 200 Å². The Bertz CT molecular complexity index is 929. The molecule has 8 heteroatoms. The van der Waals surface area contributed by atoms with E-state index in [1.807, 2.05) is 20.8 Å². The fourth-order valence-corrected chi connectivity index (χ4v) is 4.78. The SMILES string of the molecule is CC1CCC(C(=O)N(c2cc(C#CC(C)(C)C)sc2C(=O)O)[C@@H](C)C(=O)N(C)CCO)CC1. The van der Waals surface area contributed by atoms with Gasteiger partial charge in [-0.3, -0.25) is 14.5 Å². The fraction of sp³-hybridized carbons (Fsp3) is 0.640. The van der Waals surface area contributed by atoms with E-state index in [1.54, 1.807) is 20.0 Å². The molecule has 1 aromatic rings. The second-order valence-electron chi connectivity index (χ2n) is 9.95. The average Bonchev–Trinajstić information content (AvgIpc) is 3.16. The van der Waals surface area contributed by atoms with E-state index in [4.69, 9.17) is 0 Å². The first-order chi connectivity index (χ1) is 15.4. The molecule has 0 bridgehead atoms. The average molecular weight is 477 g/mol. The number of aromatic carboxylic acids is 1. The highest BCUT2D eigenvalue weighted by Gasteiger charge is 2.37. The lowest BCUT2D eigenvalue weighted by Gasteiger charge is -2.35. The van der Waals surface area contributed by atoms with Crippen LogP contribution in [0.25, 0.3) is 0 Å². The summed E-state index contributed by atoms with van der Waals surface area (Å²) in [4.78, 5) is 42.2. The van der Waals surface area contributed by atoms with Gasteiger partial charge < -0.3 is 15.1 Å². The maximum Gasteiger partial charge on any atom is 0.348 e. The number of anilines is 1. The van der Waals surface area contributed by atoms with Gasteiger partial charge in [0.05, 0.1) is 17.2 Å². The zero-order valence-electron chi connectivity index (χ0n) is 20.5. The lowest BCUT2D eigenvalue weighted by molar-refractivity contribution is -0.134. The van der Waals surface area contributed by atoms with Gasteiger partial charge in [0.15, 0.2) is 0 Å². The highest BCUT2D eigenvalue weighted by molar-refractivity contribution is 7.15. The first-order valence-electron chi connectivity index (χ1n) is 11.4. The number of rotatable bonds is 7. The normalized spacial score (nSPS) is 19.2. The number of aliphatic hydroxyl groups is 1. The second kappa shape index (κ2) is 11.2. The Balaban J connectivity index is 2.55. The maximum absolute atomic E-state index is 13.7. The molecule has 0 aliphatic heterocycles. The molecule has 182 valence electrons. The van der Waals surface area contributed by atoms with Crippen molar-refractivity contribution in [3.05, 3.63) is 15.8 Å². The summed E-state index contributed by atoms with van der Waals surface area (Å²) in [5.74, 6) is 4.68. The number of carboxylic acids is 1. The van der Waals surface area contributed by atoms with Gasteiger partial charge in [0.1, 0.15) is 10.9 Å². The molecule has 0 unspecified atom stereocenters. The number of hydrogen-bond acceptors (Lipinski definition) is 5. The fourth-order valence-electron chi connectivity index (χ4n) is 3.94. The molecule has 2 N–H and O–H groups in total. The summed E-state index contributed by atoms with van der Waals surface area (Å²) in [6.07, 6.45) is 3.28. The van der Waals surface area contributed by atoms with Crippen LogP contribution in [0.5, 0.6) is 0 Å². The monoisotopic (exact) mass is 476 g/mol. The zero-order chi connectivity index (χ0) is 24.9. The second-order valence-corrected chi connectivity index (χ2v) is 11.0.